The van der Waals surface area contributed by atoms with Crippen molar-refractivity contribution in [2.45, 2.75) is 18.6 Å². The van der Waals surface area contributed by atoms with E-state index in [2.05, 4.69) is 4.98 Å². The summed E-state index contributed by atoms with van der Waals surface area (Å²) in [6.45, 7) is 2.60. The second kappa shape index (κ2) is 5.34. The molecule has 4 rings (SSSR count). The zero-order valence-corrected chi connectivity index (χ0v) is 12.3. The highest BCUT2D eigenvalue weighted by atomic mass is 16.7. The van der Waals surface area contributed by atoms with Gasteiger partial charge in [-0.25, -0.2) is 4.98 Å². The van der Waals surface area contributed by atoms with Gasteiger partial charge in [-0.3, -0.25) is 4.79 Å². The van der Waals surface area contributed by atoms with Crippen LogP contribution in [0, 0.1) is 0 Å². The number of fused-ring (bicyclic) bond motifs is 1. The van der Waals surface area contributed by atoms with Gasteiger partial charge in [0.25, 0.3) is 5.91 Å². The van der Waals surface area contributed by atoms with Crippen molar-refractivity contribution >= 4 is 16.8 Å². The normalized spacial score (nSPS) is 20.6. The van der Waals surface area contributed by atoms with Gasteiger partial charge in [-0.2, -0.15) is 0 Å². The van der Waals surface area contributed by atoms with Crippen molar-refractivity contribution in [2.75, 3.05) is 26.3 Å². The monoisotopic (exact) mass is 298 g/mol. The number of ether oxygens (including phenoxy) is 2. The summed E-state index contributed by atoms with van der Waals surface area (Å²) in [4.78, 5) is 19.0. The van der Waals surface area contributed by atoms with E-state index in [9.17, 15) is 4.79 Å². The average molecular weight is 298 g/mol. The van der Waals surface area contributed by atoms with E-state index in [4.69, 9.17) is 9.47 Å². The van der Waals surface area contributed by atoms with Crippen LogP contribution in [0.5, 0.6) is 0 Å². The maximum Gasteiger partial charge on any atom is 0.272 e. The molecule has 2 aromatic rings. The largest absolute Gasteiger partial charge is 0.347 e. The molecule has 1 amide bonds. The third kappa shape index (κ3) is 2.36. The molecule has 0 bridgehead atoms. The van der Waals surface area contributed by atoms with Gasteiger partial charge in [-0.05, 0) is 12.1 Å². The Bertz CT molecular complexity index is 700. The number of hydrogen-bond acceptors (Lipinski definition) is 4. The van der Waals surface area contributed by atoms with Crippen LogP contribution >= 0.6 is 0 Å². The number of benzene rings is 1. The topological polar surface area (TPSA) is 51.7 Å². The smallest absolute Gasteiger partial charge is 0.272 e. The summed E-state index contributed by atoms with van der Waals surface area (Å²) in [6, 6.07) is 11.6. The van der Waals surface area contributed by atoms with E-state index in [1.807, 2.05) is 35.2 Å². The Balaban J connectivity index is 1.51. The van der Waals surface area contributed by atoms with Crippen LogP contribution in [-0.4, -0.2) is 47.9 Å². The lowest BCUT2D eigenvalue weighted by atomic mass is 10.0. The molecule has 22 heavy (non-hydrogen) atoms. The molecular formula is C17H18N2O3. The van der Waals surface area contributed by atoms with Gasteiger partial charge >= 0.3 is 0 Å². The number of carbonyl (C=O) groups is 1. The van der Waals surface area contributed by atoms with Crippen LogP contribution < -0.4 is 0 Å². The lowest BCUT2D eigenvalue weighted by molar-refractivity contribution is -0.181. The number of likely N-dealkylation sites (tertiary alicyclic amines) is 1. The highest BCUT2D eigenvalue weighted by Crippen LogP contribution is 2.31. The van der Waals surface area contributed by atoms with E-state index in [1.54, 1.807) is 6.07 Å². The average Bonchev–Trinajstić information content (AvgIpc) is 3.02. The minimum absolute atomic E-state index is 0.0152. The number of carbonyl (C=O) groups excluding carboxylic acids is 1. The fraction of sp³-hybridized carbons (Fsp3) is 0.412. The van der Waals surface area contributed by atoms with Crippen molar-refractivity contribution in [3.63, 3.8) is 0 Å². The molecule has 0 unspecified atom stereocenters. The van der Waals surface area contributed by atoms with Crippen LogP contribution in [-0.2, 0) is 9.47 Å². The van der Waals surface area contributed by atoms with Crippen LogP contribution in [0.1, 0.15) is 23.3 Å². The zero-order chi connectivity index (χ0) is 15.0. The molecule has 0 saturated carbocycles. The molecule has 0 aliphatic carbocycles. The van der Waals surface area contributed by atoms with Gasteiger partial charge in [0.2, 0.25) is 0 Å². The predicted molar refractivity (Wildman–Crippen MR) is 81.5 cm³/mol. The Hall–Kier alpha value is -1.98. The third-order valence-corrected chi connectivity index (χ3v) is 4.44. The molecule has 0 N–H and O–H groups in total. The quantitative estimate of drug-likeness (QED) is 0.810. The van der Waals surface area contributed by atoms with Crippen molar-refractivity contribution in [3.05, 3.63) is 42.1 Å². The van der Waals surface area contributed by atoms with Gasteiger partial charge in [0.15, 0.2) is 5.79 Å². The number of nitrogens with zero attached hydrogens (tertiary/aromatic N) is 2. The molecule has 1 aromatic carbocycles. The maximum absolute atomic E-state index is 12.6. The first kappa shape index (κ1) is 13.7. The van der Waals surface area contributed by atoms with Gasteiger partial charge in [-0.15, -0.1) is 0 Å². The molecule has 114 valence electrons. The molecule has 2 aliphatic heterocycles. The predicted octanol–water partition coefficient (Wildman–Crippen LogP) is 2.21. The van der Waals surface area contributed by atoms with Crippen LogP contribution in [0.15, 0.2) is 36.4 Å². The van der Waals surface area contributed by atoms with Gasteiger partial charge in [0, 0.05) is 31.3 Å². The minimum Gasteiger partial charge on any atom is -0.347 e. The lowest BCUT2D eigenvalue weighted by Gasteiger charge is -2.37. The second-order valence-corrected chi connectivity index (χ2v) is 5.79. The SMILES string of the molecule is O=C(c1ccc2ccccc2n1)N1CCC2(CC1)OCCO2. The van der Waals surface area contributed by atoms with Crippen LogP contribution in [0.25, 0.3) is 10.9 Å². The van der Waals surface area contributed by atoms with E-state index in [0.717, 1.165) is 23.7 Å². The van der Waals surface area contributed by atoms with Crippen LogP contribution in [0.4, 0.5) is 0 Å². The van der Waals surface area contributed by atoms with E-state index in [0.29, 0.717) is 32.0 Å². The number of hydrogen-bond donors (Lipinski definition) is 0. The van der Waals surface area contributed by atoms with E-state index < -0.39 is 5.79 Å². The number of piperidine rings is 1. The molecular weight excluding hydrogens is 280 g/mol. The lowest BCUT2D eigenvalue weighted by Crippen LogP contribution is -2.47. The third-order valence-electron chi connectivity index (χ3n) is 4.44. The fourth-order valence-electron chi connectivity index (χ4n) is 3.18. The second-order valence-electron chi connectivity index (χ2n) is 5.79. The molecule has 3 heterocycles. The van der Waals surface area contributed by atoms with Crippen molar-refractivity contribution in [1.29, 1.82) is 0 Å². The highest BCUT2D eigenvalue weighted by molar-refractivity contribution is 5.95. The van der Waals surface area contributed by atoms with Gasteiger partial charge in [-0.1, -0.05) is 24.3 Å². The number of amides is 1. The number of pyridine rings is 1. The zero-order valence-electron chi connectivity index (χ0n) is 12.3. The van der Waals surface area contributed by atoms with Gasteiger partial charge in [0.1, 0.15) is 5.69 Å². The Morgan fingerprint density at radius 1 is 1.05 bits per heavy atom. The first-order chi connectivity index (χ1) is 10.8. The molecule has 0 atom stereocenters. The van der Waals surface area contributed by atoms with E-state index in [1.165, 1.54) is 0 Å². The number of para-hydroxylation sites is 1. The van der Waals surface area contributed by atoms with E-state index in [-0.39, 0.29) is 5.91 Å². The Kier molecular flexibility index (Phi) is 3.32. The number of rotatable bonds is 1. The molecule has 5 heteroatoms. The summed E-state index contributed by atoms with van der Waals surface area (Å²) in [5.41, 5.74) is 1.35. The van der Waals surface area contributed by atoms with E-state index >= 15 is 0 Å². The molecule has 1 aromatic heterocycles. The maximum atomic E-state index is 12.6. The molecule has 2 saturated heterocycles. The van der Waals surface area contributed by atoms with Crippen LogP contribution in [0.3, 0.4) is 0 Å². The highest BCUT2D eigenvalue weighted by Gasteiger charge is 2.40. The summed E-state index contributed by atoms with van der Waals surface area (Å²) >= 11 is 0. The molecule has 2 aliphatic rings. The molecule has 2 fully saturated rings. The summed E-state index contributed by atoms with van der Waals surface area (Å²) in [5, 5.41) is 1.05. The van der Waals surface area contributed by atoms with Crippen LogP contribution in [0.2, 0.25) is 0 Å². The standard InChI is InChI=1S/C17H18N2O3/c20-16(15-6-5-13-3-1-2-4-14(13)18-15)19-9-7-17(8-10-19)21-11-12-22-17/h1-6H,7-12H2. The van der Waals surface area contributed by atoms with Crippen molar-refractivity contribution in [2.24, 2.45) is 0 Å². The summed E-state index contributed by atoms with van der Waals surface area (Å²) in [6.07, 6.45) is 1.46. The molecule has 0 radical (unpaired) electrons. The Morgan fingerprint density at radius 2 is 1.77 bits per heavy atom. The van der Waals surface area contributed by atoms with Gasteiger partial charge < -0.3 is 14.4 Å². The first-order valence-corrected chi connectivity index (χ1v) is 7.69. The summed E-state index contributed by atoms with van der Waals surface area (Å²) in [7, 11) is 0. The summed E-state index contributed by atoms with van der Waals surface area (Å²) < 4.78 is 11.4. The van der Waals surface area contributed by atoms with Crippen molar-refractivity contribution in [1.82, 2.24) is 9.88 Å². The Labute approximate surface area is 128 Å². The number of aromatic nitrogens is 1. The minimum atomic E-state index is -0.451. The van der Waals surface area contributed by atoms with Crippen molar-refractivity contribution in [3.8, 4) is 0 Å². The fourth-order valence-corrected chi connectivity index (χ4v) is 3.18. The molecule has 5 nitrogen and oxygen atoms in total. The molecule has 1 spiro atoms. The van der Waals surface area contributed by atoms with Crippen molar-refractivity contribution < 1.29 is 14.3 Å². The Morgan fingerprint density at radius 3 is 2.55 bits per heavy atom. The first-order valence-electron chi connectivity index (χ1n) is 7.69. The van der Waals surface area contributed by atoms with Gasteiger partial charge in [0.05, 0.1) is 18.7 Å². The summed E-state index contributed by atoms with van der Waals surface area (Å²) in [5.74, 6) is -0.466.